The second kappa shape index (κ2) is 12.3. The van der Waals surface area contributed by atoms with E-state index in [4.69, 9.17) is 9.47 Å². The van der Waals surface area contributed by atoms with Gasteiger partial charge >= 0.3 is 0 Å². The summed E-state index contributed by atoms with van der Waals surface area (Å²) < 4.78 is 12.5. The van der Waals surface area contributed by atoms with Gasteiger partial charge in [-0.1, -0.05) is 36.4 Å². The zero-order valence-corrected chi connectivity index (χ0v) is 18.6. The number of hydrogen-bond acceptors (Lipinski definition) is 4. The fourth-order valence-electron chi connectivity index (χ4n) is 3.11. The molecule has 0 radical (unpaired) electrons. The number of aromatic nitrogens is 1. The first kappa shape index (κ1) is 23.1. The van der Waals surface area contributed by atoms with Crippen LogP contribution in [0.4, 0.5) is 5.69 Å². The number of methoxy groups -OCH3 is 1. The quantitative estimate of drug-likeness (QED) is 0.290. The molecule has 2 aromatic carbocycles. The number of rotatable bonds is 10. The van der Waals surface area contributed by atoms with Gasteiger partial charge in [-0.05, 0) is 29.3 Å². The number of nitrogens with zero attached hydrogens (tertiary/aromatic N) is 2. The van der Waals surface area contributed by atoms with Crippen LogP contribution in [0, 0.1) is 0 Å². The molecule has 1 heterocycles. The molecule has 0 aliphatic heterocycles. The molecule has 0 atom stereocenters. The number of hydrogen-bond donors (Lipinski definition) is 2. The Kier molecular flexibility index (Phi) is 8.89. The lowest BCUT2D eigenvalue weighted by Gasteiger charge is -2.13. The Morgan fingerprint density at radius 3 is 2.56 bits per heavy atom. The Balaban J connectivity index is 1.51. The molecule has 0 bridgehead atoms. The maximum atomic E-state index is 11.9. The maximum Gasteiger partial charge on any atom is 0.250 e. The van der Waals surface area contributed by atoms with Gasteiger partial charge in [0.1, 0.15) is 5.75 Å². The Hall–Kier alpha value is -3.58. The lowest BCUT2D eigenvalue weighted by Crippen LogP contribution is -2.30. The van der Waals surface area contributed by atoms with Gasteiger partial charge in [-0.2, -0.15) is 0 Å². The predicted octanol–water partition coefficient (Wildman–Crippen LogP) is 3.50. The van der Waals surface area contributed by atoms with E-state index < -0.39 is 0 Å². The molecular formula is C25H30N4O3. The van der Waals surface area contributed by atoms with Crippen molar-refractivity contribution in [3.63, 3.8) is 0 Å². The number of guanidine groups is 1. The van der Waals surface area contributed by atoms with Gasteiger partial charge in [0.05, 0.1) is 13.2 Å². The molecule has 32 heavy (non-hydrogen) atoms. The van der Waals surface area contributed by atoms with Crippen LogP contribution in [-0.2, 0) is 17.8 Å². The average Bonchev–Trinajstić information content (AvgIpc) is 2.82. The molecule has 0 spiro atoms. The zero-order valence-electron chi connectivity index (χ0n) is 18.6. The van der Waals surface area contributed by atoms with Gasteiger partial charge in [-0.15, -0.1) is 0 Å². The molecule has 0 saturated heterocycles. The number of ether oxygens (including phenoxy) is 2. The van der Waals surface area contributed by atoms with Crippen LogP contribution in [0.2, 0.25) is 0 Å². The summed E-state index contributed by atoms with van der Waals surface area (Å²) in [5.41, 5.74) is 3.09. The average molecular weight is 435 g/mol. The van der Waals surface area contributed by atoms with Crippen molar-refractivity contribution in [2.24, 2.45) is 4.99 Å². The molecule has 2 N–H and O–H groups in total. The minimum absolute atomic E-state index is 0.00226. The van der Waals surface area contributed by atoms with Crippen LogP contribution >= 0.6 is 0 Å². The van der Waals surface area contributed by atoms with Gasteiger partial charge in [0, 0.05) is 57.7 Å². The third-order valence-corrected chi connectivity index (χ3v) is 4.82. The first-order chi connectivity index (χ1) is 15.7. The smallest absolute Gasteiger partial charge is 0.250 e. The summed E-state index contributed by atoms with van der Waals surface area (Å²) in [6.07, 6.45) is 2.64. The Bertz CT molecular complexity index is 1060. The van der Waals surface area contributed by atoms with Crippen LogP contribution in [0.15, 0.2) is 82.7 Å². The molecule has 0 fully saturated rings. The monoisotopic (exact) mass is 434 g/mol. The summed E-state index contributed by atoms with van der Waals surface area (Å²) in [7, 11) is 3.42. The number of pyridine rings is 1. The maximum absolute atomic E-state index is 11.9. The van der Waals surface area contributed by atoms with Gasteiger partial charge in [0.25, 0.3) is 5.56 Å². The summed E-state index contributed by atoms with van der Waals surface area (Å²) in [6.45, 7) is 2.47. The first-order valence-corrected chi connectivity index (χ1v) is 10.6. The van der Waals surface area contributed by atoms with Crippen molar-refractivity contribution < 1.29 is 9.47 Å². The highest BCUT2D eigenvalue weighted by Crippen LogP contribution is 2.17. The normalized spacial score (nSPS) is 11.2. The van der Waals surface area contributed by atoms with Crippen LogP contribution in [0.5, 0.6) is 5.75 Å². The number of nitrogens with one attached hydrogen (secondary N) is 2. The Morgan fingerprint density at radius 1 is 1.00 bits per heavy atom. The van der Waals surface area contributed by atoms with Crippen LogP contribution in [-0.4, -0.2) is 37.9 Å². The van der Waals surface area contributed by atoms with Crippen molar-refractivity contribution >= 4 is 11.6 Å². The second-order valence-electron chi connectivity index (χ2n) is 7.26. The molecule has 168 valence electrons. The van der Waals surface area contributed by atoms with Gasteiger partial charge < -0.3 is 24.7 Å². The van der Waals surface area contributed by atoms with Crippen molar-refractivity contribution in [2.75, 3.05) is 32.7 Å². The third-order valence-electron chi connectivity index (χ3n) is 4.82. The molecule has 0 unspecified atom stereocenters. The van der Waals surface area contributed by atoms with E-state index in [0.717, 1.165) is 29.0 Å². The third kappa shape index (κ3) is 7.28. The number of benzene rings is 2. The molecule has 7 heteroatoms. The summed E-state index contributed by atoms with van der Waals surface area (Å²) in [5, 5.41) is 6.61. The van der Waals surface area contributed by atoms with E-state index >= 15 is 0 Å². The van der Waals surface area contributed by atoms with Crippen LogP contribution < -0.4 is 20.9 Å². The molecular weight excluding hydrogens is 404 g/mol. The lowest BCUT2D eigenvalue weighted by atomic mass is 10.1. The van der Waals surface area contributed by atoms with Crippen LogP contribution in [0.1, 0.15) is 17.5 Å². The van der Waals surface area contributed by atoms with E-state index in [1.165, 1.54) is 0 Å². The largest absolute Gasteiger partial charge is 0.493 e. The van der Waals surface area contributed by atoms with Gasteiger partial charge in [-0.25, -0.2) is 0 Å². The molecule has 7 nitrogen and oxygen atoms in total. The SMILES string of the molecule is CN=C(NCc1ccc(Cn2ccccc2=O)cc1)Nc1cccc(OCCCOC)c1. The van der Waals surface area contributed by atoms with E-state index in [2.05, 4.69) is 27.8 Å². The van der Waals surface area contributed by atoms with Gasteiger partial charge in [0.15, 0.2) is 5.96 Å². The van der Waals surface area contributed by atoms with Crippen molar-refractivity contribution in [1.29, 1.82) is 0 Å². The second-order valence-corrected chi connectivity index (χ2v) is 7.26. The summed E-state index contributed by atoms with van der Waals surface area (Å²) >= 11 is 0. The molecule has 3 rings (SSSR count). The predicted molar refractivity (Wildman–Crippen MR) is 128 cm³/mol. The Labute approximate surface area is 188 Å². The highest BCUT2D eigenvalue weighted by atomic mass is 16.5. The number of aliphatic imine (C=N–C) groups is 1. The van der Waals surface area contributed by atoms with Crippen LogP contribution in [0.25, 0.3) is 0 Å². The highest BCUT2D eigenvalue weighted by molar-refractivity contribution is 5.93. The van der Waals surface area contributed by atoms with E-state index in [1.54, 1.807) is 37.1 Å². The summed E-state index contributed by atoms with van der Waals surface area (Å²) in [5.74, 6) is 1.47. The molecule has 0 aliphatic rings. The topological polar surface area (TPSA) is 76.9 Å². The minimum atomic E-state index is -0.00226. The standard InChI is InChI=1S/C25H30N4O3/c1-26-25(28-22-7-5-8-23(17-22)32-16-6-15-31-2)27-18-20-10-12-21(13-11-20)19-29-14-4-3-9-24(29)30/h3-5,7-14,17H,6,15-16,18-19H2,1-2H3,(H2,26,27,28). The minimum Gasteiger partial charge on any atom is -0.493 e. The van der Waals surface area contributed by atoms with Crippen molar-refractivity contribution in [3.05, 3.63) is 94.4 Å². The molecule has 3 aromatic rings. The van der Waals surface area contributed by atoms with E-state index in [1.807, 2.05) is 42.5 Å². The van der Waals surface area contributed by atoms with Crippen molar-refractivity contribution in [1.82, 2.24) is 9.88 Å². The van der Waals surface area contributed by atoms with Crippen molar-refractivity contribution in [3.8, 4) is 5.75 Å². The lowest BCUT2D eigenvalue weighted by molar-refractivity contribution is 0.172. The summed E-state index contributed by atoms with van der Waals surface area (Å²) in [4.78, 5) is 16.2. The van der Waals surface area contributed by atoms with Crippen molar-refractivity contribution in [2.45, 2.75) is 19.5 Å². The number of anilines is 1. The molecule has 0 amide bonds. The summed E-state index contributed by atoms with van der Waals surface area (Å²) in [6, 6.07) is 21.2. The molecule has 1 aromatic heterocycles. The Morgan fingerprint density at radius 2 is 1.81 bits per heavy atom. The first-order valence-electron chi connectivity index (χ1n) is 10.6. The molecule has 0 aliphatic carbocycles. The molecule has 0 saturated carbocycles. The fraction of sp³-hybridized carbons (Fsp3) is 0.280. The van der Waals surface area contributed by atoms with E-state index in [9.17, 15) is 4.79 Å². The fourth-order valence-corrected chi connectivity index (χ4v) is 3.11. The van der Waals surface area contributed by atoms with Gasteiger partial charge in [0.2, 0.25) is 0 Å². The zero-order chi connectivity index (χ0) is 22.6. The van der Waals surface area contributed by atoms with Gasteiger partial charge in [-0.3, -0.25) is 9.79 Å². The van der Waals surface area contributed by atoms with E-state index in [-0.39, 0.29) is 5.56 Å². The highest BCUT2D eigenvalue weighted by Gasteiger charge is 2.03. The van der Waals surface area contributed by atoms with Crippen LogP contribution in [0.3, 0.4) is 0 Å². The van der Waals surface area contributed by atoms with E-state index in [0.29, 0.717) is 32.3 Å².